The summed E-state index contributed by atoms with van der Waals surface area (Å²) in [5.74, 6) is -0.175. The molecular weight excluding hydrogens is 216 g/mol. The van der Waals surface area contributed by atoms with Crippen molar-refractivity contribution in [3.05, 3.63) is 0 Å². The van der Waals surface area contributed by atoms with Crippen LogP contribution in [0.15, 0.2) is 0 Å². The normalized spacial score (nSPS) is 23.8. The van der Waals surface area contributed by atoms with Crippen molar-refractivity contribution in [3.63, 3.8) is 0 Å². The van der Waals surface area contributed by atoms with Crippen molar-refractivity contribution < 1.29 is 18.1 Å². The lowest BCUT2D eigenvalue weighted by Gasteiger charge is -2.20. The van der Waals surface area contributed by atoms with E-state index in [4.69, 9.17) is 9.68 Å². The standard InChI is InChI=1S/C5H12N2O4S2/c1-3-10-6-5-13(8,9)12-7(6)11-4-2/h3-5H2,1-2H3. The number of hydroxylamine groups is 1. The maximum Gasteiger partial charge on any atom is 0.236 e. The van der Waals surface area contributed by atoms with E-state index in [2.05, 4.69) is 0 Å². The maximum absolute atomic E-state index is 11.1. The van der Waals surface area contributed by atoms with Gasteiger partial charge in [-0.1, -0.05) is 5.17 Å². The summed E-state index contributed by atoms with van der Waals surface area (Å²) in [7, 11) is -2.55. The van der Waals surface area contributed by atoms with Crippen molar-refractivity contribution >= 4 is 19.8 Å². The van der Waals surface area contributed by atoms with Gasteiger partial charge in [-0.05, 0) is 18.4 Å². The first kappa shape index (κ1) is 11.2. The minimum atomic E-state index is -3.17. The predicted octanol–water partition coefficient (Wildman–Crippen LogP) is 0.358. The molecule has 1 rings (SSSR count). The topological polar surface area (TPSA) is 59.1 Å². The molecule has 8 heteroatoms. The Bertz CT molecular complexity index is 235. The molecule has 0 atom stereocenters. The van der Waals surface area contributed by atoms with Crippen LogP contribution < -0.4 is 0 Å². The fourth-order valence-corrected chi connectivity index (χ4v) is 3.21. The van der Waals surface area contributed by atoms with Crippen LogP contribution in [0.5, 0.6) is 0 Å². The summed E-state index contributed by atoms with van der Waals surface area (Å²) < 4.78 is 23.4. The van der Waals surface area contributed by atoms with Crippen LogP contribution in [0.1, 0.15) is 13.8 Å². The summed E-state index contributed by atoms with van der Waals surface area (Å²) >= 11 is 0. The fourth-order valence-electron chi connectivity index (χ4n) is 0.770. The van der Waals surface area contributed by atoms with E-state index in [1.54, 1.807) is 13.8 Å². The number of hydrogen-bond donors (Lipinski definition) is 0. The van der Waals surface area contributed by atoms with Crippen molar-refractivity contribution in [2.24, 2.45) is 0 Å². The molecule has 1 fully saturated rings. The second-order valence-electron chi connectivity index (χ2n) is 2.19. The highest BCUT2D eigenvalue weighted by molar-refractivity contribution is 8.71. The predicted molar refractivity (Wildman–Crippen MR) is 48.3 cm³/mol. The number of hydrogen-bond acceptors (Lipinski definition) is 7. The fraction of sp³-hybridized carbons (Fsp3) is 1.00. The van der Waals surface area contributed by atoms with Gasteiger partial charge in [-0.2, -0.15) is 0 Å². The average molecular weight is 228 g/mol. The minimum absolute atomic E-state index is 0.175. The summed E-state index contributed by atoms with van der Waals surface area (Å²) in [6, 6.07) is 0. The van der Waals surface area contributed by atoms with Crippen molar-refractivity contribution in [1.82, 2.24) is 9.75 Å². The summed E-state index contributed by atoms with van der Waals surface area (Å²) in [6.45, 7) is 4.35. The highest BCUT2D eigenvalue weighted by Gasteiger charge is 2.37. The molecule has 1 heterocycles. The van der Waals surface area contributed by atoms with Gasteiger partial charge < -0.3 is 0 Å². The third-order valence-electron chi connectivity index (χ3n) is 1.15. The molecule has 0 radical (unpaired) electrons. The van der Waals surface area contributed by atoms with E-state index in [9.17, 15) is 8.42 Å². The first-order valence-electron chi connectivity index (χ1n) is 3.84. The molecule has 1 aliphatic rings. The van der Waals surface area contributed by atoms with Crippen LogP contribution in [0.3, 0.4) is 0 Å². The van der Waals surface area contributed by atoms with Gasteiger partial charge >= 0.3 is 0 Å². The minimum Gasteiger partial charge on any atom is -0.280 e. The van der Waals surface area contributed by atoms with E-state index < -0.39 is 8.87 Å². The summed E-state index contributed by atoms with van der Waals surface area (Å²) in [6.07, 6.45) is 0. The molecule has 0 saturated carbocycles. The quantitative estimate of drug-likeness (QED) is 0.508. The van der Waals surface area contributed by atoms with E-state index in [1.807, 2.05) is 0 Å². The molecule has 13 heavy (non-hydrogen) atoms. The van der Waals surface area contributed by atoms with E-state index >= 15 is 0 Å². The molecule has 0 amide bonds. The molecule has 0 aromatic carbocycles. The SMILES string of the molecule is CCON1CS(=O)(=O)SN1OCC. The Morgan fingerprint density at radius 1 is 1.31 bits per heavy atom. The lowest BCUT2D eigenvalue weighted by molar-refractivity contribution is -0.338. The van der Waals surface area contributed by atoms with Crippen LogP contribution in [0.2, 0.25) is 0 Å². The Morgan fingerprint density at radius 2 is 1.92 bits per heavy atom. The molecule has 0 unspecified atom stereocenters. The monoisotopic (exact) mass is 228 g/mol. The molecule has 1 aliphatic heterocycles. The number of nitrogens with zero attached hydrogens (tertiary/aromatic N) is 2. The van der Waals surface area contributed by atoms with Crippen LogP contribution in [-0.4, -0.2) is 37.3 Å². The van der Waals surface area contributed by atoms with Gasteiger partial charge in [-0.25, -0.2) is 8.42 Å². The van der Waals surface area contributed by atoms with E-state index in [-0.39, 0.29) is 5.88 Å². The van der Waals surface area contributed by atoms with Gasteiger partial charge in [0.1, 0.15) is 11.0 Å². The van der Waals surface area contributed by atoms with Crippen molar-refractivity contribution in [1.29, 1.82) is 0 Å². The van der Waals surface area contributed by atoms with E-state index in [0.29, 0.717) is 24.2 Å². The Kier molecular flexibility index (Phi) is 3.95. The molecule has 0 aliphatic carbocycles. The molecule has 0 aromatic heterocycles. The molecule has 0 bridgehead atoms. The molecule has 0 spiro atoms. The third-order valence-corrected chi connectivity index (χ3v) is 3.71. The molecule has 6 nitrogen and oxygen atoms in total. The van der Waals surface area contributed by atoms with Crippen LogP contribution >= 0.6 is 11.0 Å². The average Bonchev–Trinajstić information content (AvgIpc) is 2.28. The number of hydrazine groups is 1. The Labute approximate surface area is 81.1 Å². The lowest BCUT2D eigenvalue weighted by atomic mass is 10.9. The molecule has 1 saturated heterocycles. The molecule has 0 N–H and O–H groups in total. The van der Waals surface area contributed by atoms with Gasteiger partial charge in [0.25, 0.3) is 0 Å². The molecular formula is C5H12N2O4S2. The van der Waals surface area contributed by atoms with Gasteiger partial charge in [0.15, 0.2) is 5.88 Å². The molecule has 0 aromatic rings. The second kappa shape index (κ2) is 4.58. The Balaban J connectivity index is 2.60. The third kappa shape index (κ3) is 3.08. The van der Waals surface area contributed by atoms with Crippen molar-refractivity contribution in [2.45, 2.75) is 13.8 Å². The van der Waals surface area contributed by atoms with E-state index in [1.165, 1.54) is 5.17 Å². The summed E-state index contributed by atoms with van der Waals surface area (Å²) in [5.41, 5.74) is 0. The first-order valence-corrected chi connectivity index (χ1v) is 6.79. The van der Waals surface area contributed by atoms with E-state index in [0.717, 1.165) is 4.58 Å². The van der Waals surface area contributed by atoms with Crippen LogP contribution in [0.25, 0.3) is 0 Å². The zero-order chi connectivity index (χ0) is 9.90. The molecule has 78 valence electrons. The van der Waals surface area contributed by atoms with Crippen molar-refractivity contribution in [3.8, 4) is 0 Å². The van der Waals surface area contributed by atoms with Gasteiger partial charge in [-0.15, -0.1) is 0 Å². The Hall–Kier alpha value is 0.140. The lowest BCUT2D eigenvalue weighted by Crippen LogP contribution is -2.33. The summed E-state index contributed by atoms with van der Waals surface area (Å²) in [4.78, 5) is 10.1. The van der Waals surface area contributed by atoms with Gasteiger partial charge in [0.05, 0.1) is 13.2 Å². The van der Waals surface area contributed by atoms with Gasteiger partial charge in [-0.3, -0.25) is 9.68 Å². The second-order valence-corrected chi connectivity index (χ2v) is 5.99. The Morgan fingerprint density at radius 3 is 2.46 bits per heavy atom. The van der Waals surface area contributed by atoms with Gasteiger partial charge in [0.2, 0.25) is 8.87 Å². The van der Waals surface area contributed by atoms with Crippen molar-refractivity contribution in [2.75, 3.05) is 19.1 Å². The van der Waals surface area contributed by atoms with Crippen LogP contribution in [0, 0.1) is 0 Å². The van der Waals surface area contributed by atoms with Crippen LogP contribution in [-0.2, 0) is 18.5 Å². The zero-order valence-electron chi connectivity index (χ0n) is 7.47. The summed E-state index contributed by atoms with van der Waals surface area (Å²) in [5, 5.41) is 1.18. The van der Waals surface area contributed by atoms with Crippen LogP contribution in [0.4, 0.5) is 0 Å². The smallest absolute Gasteiger partial charge is 0.236 e. The first-order chi connectivity index (χ1) is 6.09. The number of rotatable bonds is 4. The highest BCUT2D eigenvalue weighted by Crippen LogP contribution is 2.30. The largest absolute Gasteiger partial charge is 0.280 e. The maximum atomic E-state index is 11.1. The van der Waals surface area contributed by atoms with Gasteiger partial charge in [0, 0.05) is 0 Å². The zero-order valence-corrected chi connectivity index (χ0v) is 9.10. The highest BCUT2D eigenvalue weighted by atomic mass is 33.1.